The van der Waals surface area contributed by atoms with Crippen LogP contribution in [0.2, 0.25) is 0 Å². The molecule has 0 aromatic heterocycles. The Morgan fingerprint density at radius 2 is 1.67 bits per heavy atom. The van der Waals surface area contributed by atoms with Crippen molar-refractivity contribution in [2.24, 2.45) is 9.98 Å². The molecular formula is C17H16N2O2. The van der Waals surface area contributed by atoms with Crippen molar-refractivity contribution in [3.05, 3.63) is 47.5 Å². The molecule has 0 radical (unpaired) electrons. The predicted octanol–water partition coefficient (Wildman–Crippen LogP) is 4.54. The molecule has 0 aliphatic heterocycles. The fraction of sp³-hybridized carbons (Fsp3) is 0.176. The lowest BCUT2D eigenvalue weighted by Crippen LogP contribution is -1.85. The average molecular weight is 280 g/mol. The van der Waals surface area contributed by atoms with Gasteiger partial charge in [0.2, 0.25) is 12.2 Å². The normalized spacial score (nSPS) is 9.05. The summed E-state index contributed by atoms with van der Waals surface area (Å²) < 4.78 is 0. The number of benzene rings is 2. The summed E-state index contributed by atoms with van der Waals surface area (Å²) in [4.78, 5) is 28.4. The highest BCUT2D eigenvalue weighted by Crippen LogP contribution is 2.38. The molecule has 21 heavy (non-hydrogen) atoms. The van der Waals surface area contributed by atoms with E-state index in [2.05, 4.69) is 9.98 Å². The van der Waals surface area contributed by atoms with Crippen LogP contribution < -0.4 is 0 Å². The highest BCUT2D eigenvalue weighted by atomic mass is 16.1. The van der Waals surface area contributed by atoms with Crippen molar-refractivity contribution < 1.29 is 9.59 Å². The zero-order valence-corrected chi connectivity index (χ0v) is 11.2. The Morgan fingerprint density at radius 1 is 0.952 bits per heavy atom. The summed E-state index contributed by atoms with van der Waals surface area (Å²) in [6.07, 6.45) is 3.05. The summed E-state index contributed by atoms with van der Waals surface area (Å²) >= 11 is 0. The van der Waals surface area contributed by atoms with Gasteiger partial charge < -0.3 is 0 Å². The number of hydrogen-bond donors (Lipinski definition) is 0. The number of isocyanates is 2. The molecule has 0 saturated heterocycles. The van der Waals surface area contributed by atoms with Gasteiger partial charge in [-0.1, -0.05) is 37.3 Å². The number of rotatable bonds is 3. The highest BCUT2D eigenvalue weighted by Gasteiger charge is 2.11. The lowest BCUT2D eigenvalue weighted by Gasteiger charge is -2.10. The van der Waals surface area contributed by atoms with Crippen LogP contribution in [-0.4, -0.2) is 12.2 Å². The minimum atomic E-state index is 0. The third-order valence-corrected chi connectivity index (χ3v) is 3.06. The monoisotopic (exact) mass is 280 g/mol. The molecule has 2 rings (SSSR count). The van der Waals surface area contributed by atoms with Crippen molar-refractivity contribution in [1.29, 1.82) is 0 Å². The summed E-state index contributed by atoms with van der Waals surface area (Å²) in [6, 6.07) is 11.4. The number of aryl methyl sites for hydroxylation is 1. The maximum Gasteiger partial charge on any atom is 0.240 e. The molecule has 0 bridgehead atoms. The van der Waals surface area contributed by atoms with Crippen molar-refractivity contribution in [2.75, 3.05) is 0 Å². The molecule has 0 aliphatic carbocycles. The maximum absolute atomic E-state index is 10.6. The van der Waals surface area contributed by atoms with Gasteiger partial charge in [0.1, 0.15) is 0 Å². The molecule has 0 aliphatic rings. The van der Waals surface area contributed by atoms with E-state index in [9.17, 15) is 9.59 Å². The molecule has 4 heteroatoms. The number of aliphatic imine (C=N–C) groups is 2. The highest BCUT2D eigenvalue weighted by molar-refractivity contribution is 5.83. The Kier molecular flexibility index (Phi) is 5.50. The van der Waals surface area contributed by atoms with Crippen LogP contribution >= 0.6 is 0 Å². The van der Waals surface area contributed by atoms with Crippen molar-refractivity contribution >= 4 is 23.5 Å². The first-order chi connectivity index (χ1) is 9.67. The van der Waals surface area contributed by atoms with Gasteiger partial charge in [0.15, 0.2) is 0 Å². The van der Waals surface area contributed by atoms with Gasteiger partial charge in [-0.3, -0.25) is 0 Å². The van der Waals surface area contributed by atoms with Crippen LogP contribution in [0, 0.1) is 13.8 Å². The van der Waals surface area contributed by atoms with Crippen molar-refractivity contribution in [3.63, 3.8) is 0 Å². The first kappa shape index (κ1) is 16.3. The van der Waals surface area contributed by atoms with E-state index in [1.165, 1.54) is 6.08 Å². The summed E-state index contributed by atoms with van der Waals surface area (Å²) in [5.74, 6) is 0. The Bertz CT molecular complexity index is 753. The molecule has 0 saturated carbocycles. The Balaban J connectivity index is 0.00000220. The number of hydrogen-bond acceptors (Lipinski definition) is 4. The van der Waals surface area contributed by atoms with Gasteiger partial charge in [-0.15, -0.1) is 0 Å². The molecule has 0 fully saturated rings. The second-order valence-electron chi connectivity index (χ2n) is 4.38. The predicted molar refractivity (Wildman–Crippen MR) is 83.6 cm³/mol. The van der Waals surface area contributed by atoms with E-state index in [-0.39, 0.29) is 7.43 Å². The zero-order valence-electron chi connectivity index (χ0n) is 11.2. The molecule has 0 N–H and O–H groups in total. The molecule has 0 heterocycles. The Morgan fingerprint density at radius 3 is 2.29 bits per heavy atom. The van der Waals surface area contributed by atoms with Crippen LogP contribution in [0.25, 0.3) is 11.1 Å². The quantitative estimate of drug-likeness (QED) is 0.612. The molecule has 4 nitrogen and oxygen atoms in total. The maximum atomic E-state index is 10.6. The first-order valence-corrected chi connectivity index (χ1v) is 6.03. The largest absolute Gasteiger partial charge is 0.240 e. The smallest absolute Gasteiger partial charge is 0.211 e. The van der Waals surface area contributed by atoms with Crippen LogP contribution in [0.4, 0.5) is 11.4 Å². The molecule has 0 atom stereocenters. The number of nitrogens with zero attached hydrogens (tertiary/aromatic N) is 2. The van der Waals surface area contributed by atoms with Crippen LogP contribution in [-0.2, 0) is 9.59 Å². The second-order valence-corrected chi connectivity index (χ2v) is 4.38. The summed E-state index contributed by atoms with van der Waals surface area (Å²) in [5.41, 5.74) is 4.43. The first-order valence-electron chi connectivity index (χ1n) is 6.03. The fourth-order valence-electron chi connectivity index (χ4n) is 2.10. The van der Waals surface area contributed by atoms with E-state index in [1.54, 1.807) is 25.1 Å². The van der Waals surface area contributed by atoms with Crippen LogP contribution in [0.15, 0.2) is 46.4 Å². The molecule has 2 aromatic rings. The minimum absolute atomic E-state index is 0. The lowest BCUT2D eigenvalue weighted by atomic mass is 9.98. The second kappa shape index (κ2) is 7.11. The van der Waals surface area contributed by atoms with Gasteiger partial charge in [0, 0.05) is 11.1 Å². The van der Waals surface area contributed by atoms with E-state index < -0.39 is 0 Å². The van der Waals surface area contributed by atoms with Gasteiger partial charge in [-0.2, -0.15) is 9.98 Å². The van der Waals surface area contributed by atoms with E-state index in [0.717, 1.165) is 16.7 Å². The summed E-state index contributed by atoms with van der Waals surface area (Å²) in [5, 5.41) is 0. The van der Waals surface area contributed by atoms with Crippen LogP contribution in [0.3, 0.4) is 0 Å². The van der Waals surface area contributed by atoms with Gasteiger partial charge in [0.25, 0.3) is 0 Å². The van der Waals surface area contributed by atoms with Crippen molar-refractivity contribution in [1.82, 2.24) is 0 Å². The molecule has 106 valence electrons. The van der Waals surface area contributed by atoms with Crippen LogP contribution in [0.1, 0.15) is 18.6 Å². The molecule has 0 amide bonds. The fourth-order valence-corrected chi connectivity index (χ4v) is 2.10. The van der Waals surface area contributed by atoms with Crippen molar-refractivity contribution in [2.45, 2.75) is 21.3 Å². The number of carbonyl (C=O) groups excluding carboxylic acids is 2. The summed E-state index contributed by atoms with van der Waals surface area (Å²) in [6.45, 7) is 3.75. The van der Waals surface area contributed by atoms with Gasteiger partial charge in [-0.05, 0) is 31.5 Å². The van der Waals surface area contributed by atoms with E-state index in [0.29, 0.717) is 16.9 Å². The molecule has 2 aromatic carbocycles. The molecule has 0 unspecified atom stereocenters. The minimum Gasteiger partial charge on any atom is -0.211 e. The Labute approximate surface area is 123 Å². The topological polar surface area (TPSA) is 58.9 Å². The van der Waals surface area contributed by atoms with Crippen LogP contribution in [0.5, 0.6) is 0 Å². The van der Waals surface area contributed by atoms with E-state index >= 15 is 0 Å². The SMILES string of the molecule is C.Cc1cccc(-c2ccc(N=C=O)c(C)c2N=C=O)c1. The Hall–Kier alpha value is -2.80. The zero-order chi connectivity index (χ0) is 14.5. The third-order valence-electron chi connectivity index (χ3n) is 3.06. The van der Waals surface area contributed by atoms with Gasteiger partial charge in [0.05, 0.1) is 11.4 Å². The lowest BCUT2D eigenvalue weighted by molar-refractivity contribution is 0.565. The van der Waals surface area contributed by atoms with Gasteiger partial charge >= 0.3 is 0 Å². The standard InChI is InChI=1S/C16H12N2O2.CH4/c1-11-4-3-5-13(8-11)14-6-7-15(17-9-19)12(2)16(14)18-10-20;/h3-8H,1-2H3;1H4. The third kappa shape index (κ3) is 3.40. The molecule has 0 spiro atoms. The van der Waals surface area contributed by atoms with E-state index in [1.807, 2.05) is 31.2 Å². The van der Waals surface area contributed by atoms with Gasteiger partial charge in [-0.25, -0.2) is 9.59 Å². The average Bonchev–Trinajstić information content (AvgIpc) is 2.44. The molecular weight excluding hydrogens is 264 g/mol. The van der Waals surface area contributed by atoms with Crippen molar-refractivity contribution in [3.8, 4) is 11.1 Å². The van der Waals surface area contributed by atoms with E-state index in [4.69, 9.17) is 0 Å². The summed E-state index contributed by atoms with van der Waals surface area (Å²) in [7, 11) is 0.